The van der Waals surface area contributed by atoms with Gasteiger partial charge < -0.3 is 10.2 Å². The lowest BCUT2D eigenvalue weighted by atomic mass is 10.1. The molecule has 1 amide bonds. The summed E-state index contributed by atoms with van der Waals surface area (Å²) in [4.78, 5) is 17.9. The molecule has 1 fully saturated rings. The van der Waals surface area contributed by atoms with E-state index < -0.39 is 11.7 Å². The normalized spacial score (nSPS) is 17.7. The van der Waals surface area contributed by atoms with Crippen molar-refractivity contribution in [3.63, 3.8) is 0 Å². The van der Waals surface area contributed by atoms with Crippen LogP contribution in [-0.4, -0.2) is 40.7 Å². The molecule has 1 aliphatic heterocycles. The Labute approximate surface area is 142 Å². The van der Waals surface area contributed by atoms with E-state index in [9.17, 15) is 18.0 Å². The van der Waals surface area contributed by atoms with Crippen molar-refractivity contribution in [3.05, 3.63) is 41.9 Å². The molecular formula is C16H18F3N5O. The second-order valence-electron chi connectivity index (χ2n) is 5.98. The van der Waals surface area contributed by atoms with Crippen molar-refractivity contribution < 1.29 is 18.0 Å². The predicted octanol–water partition coefficient (Wildman–Crippen LogP) is 2.01. The lowest BCUT2D eigenvalue weighted by Gasteiger charge is -2.18. The minimum absolute atomic E-state index is 0.0436. The fourth-order valence-corrected chi connectivity index (χ4v) is 2.81. The van der Waals surface area contributed by atoms with Gasteiger partial charge in [-0.05, 0) is 30.5 Å². The fourth-order valence-electron chi connectivity index (χ4n) is 2.81. The standard InChI is InChI=1S/C16H18F3N5O/c17-16(18,19)13-1-2-14(21-9-13)24-6-4-12(10-24)15(25)20-5-3-11-7-22-23-8-11/h1-2,7-9,12H,3-6,10H2,(H,20,25)(H,22,23)/t12-/m0/s1. The molecule has 0 bridgehead atoms. The molecule has 3 heterocycles. The molecule has 1 aliphatic rings. The summed E-state index contributed by atoms with van der Waals surface area (Å²) < 4.78 is 37.7. The Kier molecular flexibility index (Phi) is 4.91. The zero-order valence-corrected chi connectivity index (χ0v) is 13.4. The molecule has 3 rings (SSSR count). The number of aromatic amines is 1. The van der Waals surface area contributed by atoms with Gasteiger partial charge in [-0.15, -0.1) is 0 Å². The summed E-state index contributed by atoms with van der Waals surface area (Å²) in [5, 5.41) is 9.44. The highest BCUT2D eigenvalue weighted by molar-refractivity contribution is 5.80. The Morgan fingerprint density at radius 3 is 2.84 bits per heavy atom. The molecule has 0 aromatic carbocycles. The molecule has 2 aromatic heterocycles. The van der Waals surface area contributed by atoms with Crippen LogP contribution in [0.3, 0.4) is 0 Å². The third-order valence-electron chi connectivity index (χ3n) is 4.23. The van der Waals surface area contributed by atoms with E-state index in [4.69, 9.17) is 0 Å². The van der Waals surface area contributed by atoms with Gasteiger partial charge in [0, 0.05) is 32.0 Å². The highest BCUT2D eigenvalue weighted by atomic mass is 19.4. The number of halogens is 3. The van der Waals surface area contributed by atoms with Crippen LogP contribution in [0.5, 0.6) is 0 Å². The summed E-state index contributed by atoms with van der Waals surface area (Å²) in [6, 6.07) is 2.36. The number of rotatable bonds is 5. The number of aromatic nitrogens is 3. The SMILES string of the molecule is O=C(NCCc1cn[nH]c1)[C@H]1CCN(c2ccc(C(F)(F)F)cn2)C1. The van der Waals surface area contributed by atoms with E-state index in [1.807, 2.05) is 4.90 Å². The van der Waals surface area contributed by atoms with E-state index in [1.54, 1.807) is 12.4 Å². The molecule has 9 heteroatoms. The van der Waals surface area contributed by atoms with Crippen LogP contribution in [0.4, 0.5) is 19.0 Å². The second-order valence-corrected chi connectivity index (χ2v) is 5.98. The number of carbonyl (C=O) groups excluding carboxylic acids is 1. The number of alkyl halides is 3. The van der Waals surface area contributed by atoms with Gasteiger partial charge in [-0.3, -0.25) is 9.89 Å². The quantitative estimate of drug-likeness (QED) is 0.862. The van der Waals surface area contributed by atoms with Crippen molar-refractivity contribution in [3.8, 4) is 0 Å². The number of hydrogen-bond donors (Lipinski definition) is 2. The van der Waals surface area contributed by atoms with Crippen LogP contribution in [0.25, 0.3) is 0 Å². The zero-order chi connectivity index (χ0) is 17.9. The first kappa shape index (κ1) is 17.2. The van der Waals surface area contributed by atoms with Gasteiger partial charge in [0.05, 0.1) is 17.7 Å². The van der Waals surface area contributed by atoms with Gasteiger partial charge in [0.1, 0.15) is 5.82 Å². The number of nitrogens with zero attached hydrogens (tertiary/aromatic N) is 3. The summed E-state index contributed by atoms with van der Waals surface area (Å²) in [6.07, 6.45) is 1.26. The van der Waals surface area contributed by atoms with Crippen molar-refractivity contribution in [2.75, 3.05) is 24.5 Å². The topological polar surface area (TPSA) is 73.9 Å². The first-order valence-electron chi connectivity index (χ1n) is 7.97. The third kappa shape index (κ3) is 4.28. The minimum atomic E-state index is -4.39. The van der Waals surface area contributed by atoms with Crippen molar-refractivity contribution in [2.45, 2.75) is 19.0 Å². The van der Waals surface area contributed by atoms with Crippen molar-refractivity contribution in [2.24, 2.45) is 5.92 Å². The lowest BCUT2D eigenvalue weighted by Crippen LogP contribution is -2.34. The molecule has 0 unspecified atom stereocenters. The number of H-pyrrole nitrogens is 1. The number of anilines is 1. The van der Waals surface area contributed by atoms with Gasteiger partial charge in [0.25, 0.3) is 0 Å². The Hall–Kier alpha value is -2.58. The van der Waals surface area contributed by atoms with E-state index in [2.05, 4.69) is 20.5 Å². The average Bonchev–Trinajstić information content (AvgIpc) is 3.26. The molecule has 2 N–H and O–H groups in total. The van der Waals surface area contributed by atoms with E-state index >= 15 is 0 Å². The van der Waals surface area contributed by atoms with Crippen LogP contribution in [0.2, 0.25) is 0 Å². The van der Waals surface area contributed by atoms with Gasteiger partial charge in [0.15, 0.2) is 0 Å². The molecule has 25 heavy (non-hydrogen) atoms. The molecular weight excluding hydrogens is 335 g/mol. The first-order valence-corrected chi connectivity index (χ1v) is 7.97. The molecule has 1 atom stereocenters. The first-order chi connectivity index (χ1) is 11.9. The van der Waals surface area contributed by atoms with E-state index in [0.717, 1.165) is 17.8 Å². The Balaban J connectivity index is 1.50. The average molecular weight is 353 g/mol. The summed E-state index contributed by atoms with van der Waals surface area (Å²) >= 11 is 0. The van der Waals surface area contributed by atoms with Crippen LogP contribution in [0.1, 0.15) is 17.5 Å². The molecule has 0 spiro atoms. The number of carbonyl (C=O) groups is 1. The Morgan fingerprint density at radius 2 is 2.20 bits per heavy atom. The molecule has 0 saturated carbocycles. The van der Waals surface area contributed by atoms with Crippen LogP contribution < -0.4 is 10.2 Å². The zero-order valence-electron chi connectivity index (χ0n) is 13.4. The van der Waals surface area contributed by atoms with Gasteiger partial charge in [-0.25, -0.2) is 4.98 Å². The molecule has 6 nitrogen and oxygen atoms in total. The predicted molar refractivity (Wildman–Crippen MR) is 84.9 cm³/mol. The van der Waals surface area contributed by atoms with E-state index in [0.29, 0.717) is 38.3 Å². The largest absolute Gasteiger partial charge is 0.417 e. The summed E-state index contributed by atoms with van der Waals surface area (Å²) in [7, 11) is 0. The van der Waals surface area contributed by atoms with Gasteiger partial charge in [-0.1, -0.05) is 0 Å². The van der Waals surface area contributed by atoms with Crippen LogP contribution in [-0.2, 0) is 17.4 Å². The number of amides is 1. The third-order valence-corrected chi connectivity index (χ3v) is 4.23. The molecule has 0 aliphatic carbocycles. The minimum Gasteiger partial charge on any atom is -0.356 e. The van der Waals surface area contributed by atoms with Gasteiger partial charge in [-0.2, -0.15) is 18.3 Å². The van der Waals surface area contributed by atoms with Crippen molar-refractivity contribution in [1.82, 2.24) is 20.5 Å². The smallest absolute Gasteiger partial charge is 0.356 e. The van der Waals surface area contributed by atoms with E-state index in [1.165, 1.54) is 6.07 Å². The van der Waals surface area contributed by atoms with Crippen LogP contribution in [0.15, 0.2) is 30.7 Å². The fraction of sp³-hybridized carbons (Fsp3) is 0.438. The second kappa shape index (κ2) is 7.12. The van der Waals surface area contributed by atoms with Gasteiger partial charge in [0.2, 0.25) is 5.91 Å². The molecule has 134 valence electrons. The summed E-state index contributed by atoms with van der Waals surface area (Å²) in [6.45, 7) is 1.57. The van der Waals surface area contributed by atoms with Crippen molar-refractivity contribution >= 4 is 11.7 Å². The number of pyridine rings is 1. The van der Waals surface area contributed by atoms with Crippen molar-refractivity contribution in [1.29, 1.82) is 0 Å². The number of hydrogen-bond acceptors (Lipinski definition) is 4. The van der Waals surface area contributed by atoms with Gasteiger partial charge >= 0.3 is 6.18 Å². The molecule has 0 radical (unpaired) electrons. The Bertz CT molecular complexity index is 700. The summed E-state index contributed by atoms with van der Waals surface area (Å²) in [5.41, 5.74) is 0.242. The highest BCUT2D eigenvalue weighted by Crippen LogP contribution is 2.30. The lowest BCUT2D eigenvalue weighted by molar-refractivity contribution is -0.137. The maximum atomic E-state index is 12.6. The van der Waals surface area contributed by atoms with E-state index in [-0.39, 0.29) is 11.8 Å². The maximum Gasteiger partial charge on any atom is 0.417 e. The maximum absolute atomic E-state index is 12.6. The van der Waals surface area contributed by atoms with Crippen LogP contribution in [0, 0.1) is 5.92 Å². The number of nitrogens with one attached hydrogen (secondary N) is 2. The summed E-state index contributed by atoms with van der Waals surface area (Å²) in [5.74, 6) is 0.230. The molecule has 2 aromatic rings. The Morgan fingerprint density at radius 1 is 1.36 bits per heavy atom. The monoisotopic (exact) mass is 353 g/mol. The molecule has 1 saturated heterocycles. The highest BCUT2D eigenvalue weighted by Gasteiger charge is 2.32. The van der Waals surface area contributed by atoms with Crippen LogP contribution >= 0.6 is 0 Å².